The summed E-state index contributed by atoms with van der Waals surface area (Å²) in [6, 6.07) is 0.488. The third kappa shape index (κ3) is 8.20. The van der Waals surface area contributed by atoms with Crippen LogP contribution in [0.4, 0.5) is 0 Å². The molecule has 0 spiro atoms. The second kappa shape index (κ2) is 11.8. The molecule has 9 N–H and O–H groups in total. The van der Waals surface area contributed by atoms with Gasteiger partial charge in [0.1, 0.15) is 29.9 Å². The number of phenolic OH excluding ortho intramolecular Hbond substituents is 1. The molecule has 0 radical (unpaired) electrons. The van der Waals surface area contributed by atoms with Gasteiger partial charge in [-0.05, 0) is 31.5 Å². The summed E-state index contributed by atoms with van der Waals surface area (Å²) in [4.78, 5) is 48.2. The molecule has 0 bridgehead atoms. The minimum absolute atomic E-state index is 0.00511. The van der Waals surface area contributed by atoms with Crippen molar-refractivity contribution in [1.29, 1.82) is 0 Å². The Morgan fingerprint density at radius 2 is 1.55 bits per heavy atom. The van der Waals surface area contributed by atoms with Crippen molar-refractivity contribution < 1.29 is 39.6 Å². The predicted molar refractivity (Wildman–Crippen MR) is 108 cm³/mol. The first-order valence-electron chi connectivity index (χ1n) is 9.42. The highest BCUT2D eigenvalue weighted by atomic mass is 16.4. The van der Waals surface area contributed by atoms with E-state index >= 15 is 0 Å². The van der Waals surface area contributed by atoms with E-state index in [9.17, 15) is 29.4 Å². The first-order valence-corrected chi connectivity index (χ1v) is 9.42. The highest BCUT2D eigenvalue weighted by molar-refractivity contribution is 5.94. The van der Waals surface area contributed by atoms with E-state index in [1.807, 2.05) is 0 Å². The topological polar surface area (TPSA) is 211 Å². The molecule has 12 heteroatoms. The Labute approximate surface area is 178 Å². The fourth-order valence-electron chi connectivity index (χ4n) is 2.46. The van der Waals surface area contributed by atoms with E-state index in [0.717, 1.165) is 0 Å². The van der Waals surface area contributed by atoms with Crippen molar-refractivity contribution in [1.82, 2.24) is 16.0 Å². The van der Waals surface area contributed by atoms with Gasteiger partial charge in [0.25, 0.3) is 0 Å². The Balaban J connectivity index is 3.03. The molecule has 0 aromatic heterocycles. The smallest absolute Gasteiger partial charge is 0.325 e. The molecule has 0 aliphatic heterocycles. The Bertz CT molecular complexity index is 784. The Hall–Kier alpha value is -3.22. The largest absolute Gasteiger partial charge is 0.508 e. The lowest BCUT2D eigenvalue weighted by molar-refractivity contribution is -0.142. The highest BCUT2D eigenvalue weighted by Crippen LogP contribution is 2.12. The molecular formula is C19H28N4O8. The van der Waals surface area contributed by atoms with Gasteiger partial charge in [-0.15, -0.1) is 0 Å². The standard InChI is InChI=1S/C19H28N4O8/c1-9(19(30)31)21-18(29)15(10(2)25)23-17(28)14(22-16(27)13(20)8-24)7-11-3-5-12(26)6-4-11/h3-6,9-10,13-15,24-26H,7-8,20H2,1-2H3,(H,21,29)(H,22,27)(H,23,28)(H,30,31). The number of hydrogen-bond donors (Lipinski definition) is 8. The number of carbonyl (C=O) groups is 4. The van der Waals surface area contributed by atoms with Crippen LogP contribution >= 0.6 is 0 Å². The van der Waals surface area contributed by atoms with Crippen LogP contribution in [0.1, 0.15) is 19.4 Å². The fourth-order valence-corrected chi connectivity index (χ4v) is 2.46. The summed E-state index contributed by atoms with van der Waals surface area (Å²) in [6.07, 6.45) is -1.44. The number of nitrogens with one attached hydrogen (secondary N) is 3. The number of phenols is 1. The first-order chi connectivity index (χ1) is 14.5. The SMILES string of the molecule is CC(NC(=O)C(NC(=O)C(Cc1ccc(O)cc1)NC(=O)C(N)CO)C(C)O)C(=O)O. The molecule has 1 aromatic rings. The van der Waals surface area contributed by atoms with Crippen LogP contribution < -0.4 is 21.7 Å². The van der Waals surface area contributed by atoms with Gasteiger partial charge in [-0.1, -0.05) is 12.1 Å². The van der Waals surface area contributed by atoms with E-state index in [0.29, 0.717) is 5.56 Å². The quantitative estimate of drug-likeness (QED) is 0.178. The number of carboxylic acid groups (broad SMARTS) is 1. The molecule has 0 saturated carbocycles. The maximum atomic E-state index is 12.8. The van der Waals surface area contributed by atoms with Gasteiger partial charge < -0.3 is 42.1 Å². The van der Waals surface area contributed by atoms with Crippen molar-refractivity contribution in [3.05, 3.63) is 29.8 Å². The molecule has 5 atom stereocenters. The Kier molecular flexibility index (Phi) is 9.86. The van der Waals surface area contributed by atoms with Crippen LogP contribution in [0.25, 0.3) is 0 Å². The molecule has 0 aliphatic carbocycles. The van der Waals surface area contributed by atoms with Gasteiger partial charge in [-0.3, -0.25) is 19.2 Å². The summed E-state index contributed by atoms with van der Waals surface area (Å²) in [5, 5.41) is 44.1. The number of aromatic hydroxyl groups is 1. The zero-order valence-corrected chi connectivity index (χ0v) is 17.1. The van der Waals surface area contributed by atoms with Crippen molar-refractivity contribution in [3.63, 3.8) is 0 Å². The maximum Gasteiger partial charge on any atom is 0.325 e. The van der Waals surface area contributed by atoms with E-state index in [-0.39, 0.29) is 12.2 Å². The van der Waals surface area contributed by atoms with Crippen molar-refractivity contribution in [2.45, 2.75) is 50.5 Å². The van der Waals surface area contributed by atoms with Gasteiger partial charge in [0.15, 0.2) is 0 Å². The molecule has 31 heavy (non-hydrogen) atoms. The number of rotatable bonds is 11. The van der Waals surface area contributed by atoms with Crippen molar-refractivity contribution in [2.24, 2.45) is 5.73 Å². The average Bonchev–Trinajstić information content (AvgIpc) is 2.71. The van der Waals surface area contributed by atoms with Gasteiger partial charge in [0.2, 0.25) is 17.7 Å². The van der Waals surface area contributed by atoms with Crippen molar-refractivity contribution >= 4 is 23.7 Å². The van der Waals surface area contributed by atoms with E-state index in [4.69, 9.17) is 15.9 Å². The first kappa shape index (κ1) is 25.8. The number of aliphatic carboxylic acids is 1. The molecule has 1 aromatic carbocycles. The van der Waals surface area contributed by atoms with Crippen molar-refractivity contribution in [2.75, 3.05) is 6.61 Å². The molecule has 0 saturated heterocycles. The number of aliphatic hydroxyl groups excluding tert-OH is 2. The lowest BCUT2D eigenvalue weighted by Gasteiger charge is -2.26. The second-order valence-corrected chi connectivity index (χ2v) is 7.02. The lowest BCUT2D eigenvalue weighted by atomic mass is 10.0. The molecule has 3 amide bonds. The van der Waals surface area contributed by atoms with Crippen molar-refractivity contribution in [3.8, 4) is 5.75 Å². The molecule has 0 heterocycles. The predicted octanol–water partition coefficient (Wildman–Crippen LogP) is -2.81. The van der Waals surface area contributed by atoms with Crippen LogP contribution in [0.5, 0.6) is 5.75 Å². The maximum absolute atomic E-state index is 12.8. The van der Waals surface area contributed by atoms with Gasteiger partial charge in [-0.25, -0.2) is 0 Å². The lowest BCUT2D eigenvalue weighted by Crippen LogP contribution is -2.60. The van der Waals surface area contributed by atoms with Crippen LogP contribution in [-0.4, -0.2) is 81.0 Å². The normalized spacial score (nSPS) is 15.6. The fraction of sp³-hybridized carbons (Fsp3) is 0.474. The molecule has 0 fully saturated rings. The van der Waals surface area contributed by atoms with E-state index in [1.165, 1.54) is 38.1 Å². The molecule has 5 unspecified atom stereocenters. The van der Waals surface area contributed by atoms with Gasteiger partial charge >= 0.3 is 5.97 Å². The minimum Gasteiger partial charge on any atom is -0.508 e. The van der Waals surface area contributed by atoms with Crippen LogP contribution in [0.2, 0.25) is 0 Å². The monoisotopic (exact) mass is 440 g/mol. The zero-order chi connectivity index (χ0) is 23.7. The Morgan fingerprint density at radius 1 is 0.968 bits per heavy atom. The average molecular weight is 440 g/mol. The number of hydrogen-bond acceptors (Lipinski definition) is 8. The second-order valence-electron chi connectivity index (χ2n) is 7.02. The van der Waals surface area contributed by atoms with Gasteiger partial charge in [0, 0.05) is 6.42 Å². The van der Waals surface area contributed by atoms with Gasteiger partial charge in [0.05, 0.1) is 12.7 Å². The molecule has 1 rings (SSSR count). The van der Waals surface area contributed by atoms with E-state index in [1.54, 1.807) is 0 Å². The summed E-state index contributed by atoms with van der Waals surface area (Å²) in [5.41, 5.74) is 6.02. The molecule has 172 valence electrons. The highest BCUT2D eigenvalue weighted by Gasteiger charge is 2.31. The van der Waals surface area contributed by atoms with Crippen LogP contribution in [0, 0.1) is 0 Å². The van der Waals surface area contributed by atoms with E-state index < -0.39 is 60.6 Å². The molecule has 0 aliphatic rings. The zero-order valence-electron chi connectivity index (χ0n) is 17.1. The third-order valence-electron chi connectivity index (χ3n) is 4.33. The van der Waals surface area contributed by atoms with Crippen LogP contribution in [-0.2, 0) is 25.6 Å². The summed E-state index contributed by atoms with van der Waals surface area (Å²) in [6.45, 7) is 1.78. The third-order valence-corrected chi connectivity index (χ3v) is 4.33. The number of nitrogens with two attached hydrogens (primary N) is 1. The summed E-state index contributed by atoms with van der Waals surface area (Å²) < 4.78 is 0. The van der Waals surface area contributed by atoms with Crippen LogP contribution in [0.3, 0.4) is 0 Å². The molecular weight excluding hydrogens is 412 g/mol. The van der Waals surface area contributed by atoms with E-state index in [2.05, 4.69) is 16.0 Å². The van der Waals surface area contributed by atoms with Gasteiger partial charge in [-0.2, -0.15) is 0 Å². The number of aliphatic hydroxyl groups is 2. The number of carbonyl (C=O) groups excluding carboxylic acids is 3. The molecule has 12 nitrogen and oxygen atoms in total. The minimum atomic E-state index is -1.50. The number of amides is 3. The summed E-state index contributed by atoms with van der Waals surface area (Å²) >= 11 is 0. The summed E-state index contributed by atoms with van der Waals surface area (Å²) in [7, 11) is 0. The summed E-state index contributed by atoms with van der Waals surface area (Å²) in [5.74, 6) is -3.91. The number of benzene rings is 1. The Morgan fingerprint density at radius 3 is 2.03 bits per heavy atom. The number of carboxylic acids is 1. The van der Waals surface area contributed by atoms with Crippen LogP contribution in [0.15, 0.2) is 24.3 Å².